The second-order valence-electron chi connectivity index (χ2n) is 4.08. The molecule has 0 saturated carbocycles. The molecule has 0 saturated heterocycles. The van der Waals surface area contributed by atoms with Crippen LogP contribution in [0.3, 0.4) is 0 Å². The lowest BCUT2D eigenvalue weighted by atomic mass is 10.0. The fourth-order valence-corrected chi connectivity index (χ4v) is 1.61. The number of aryl methyl sites for hydroxylation is 1. The van der Waals surface area contributed by atoms with E-state index in [-0.39, 0.29) is 22.7 Å². The Hall–Kier alpha value is -1.86. The summed E-state index contributed by atoms with van der Waals surface area (Å²) in [6, 6.07) is 5.15. The van der Waals surface area contributed by atoms with Crippen molar-refractivity contribution in [3.63, 3.8) is 0 Å². The first-order valence-corrected chi connectivity index (χ1v) is 5.42. The lowest BCUT2D eigenvalue weighted by molar-refractivity contribution is -0.385. The molecule has 4 heteroatoms. The van der Waals surface area contributed by atoms with E-state index in [2.05, 4.69) is 11.2 Å². The number of hydrogen-bond acceptors (Lipinski definition) is 3. The van der Waals surface area contributed by atoms with Crippen LogP contribution in [-0.4, -0.2) is 11.0 Å². The summed E-state index contributed by atoms with van der Waals surface area (Å²) in [5.41, 5.74) is 1.67. The molecule has 1 rings (SSSR count). The Morgan fingerprint density at radius 2 is 2.12 bits per heavy atom. The van der Waals surface area contributed by atoms with Crippen molar-refractivity contribution in [2.75, 3.05) is 0 Å². The van der Waals surface area contributed by atoms with Gasteiger partial charge in [0.15, 0.2) is 0 Å². The van der Waals surface area contributed by atoms with Gasteiger partial charge in [0.05, 0.1) is 11.0 Å². The zero-order valence-electron chi connectivity index (χ0n) is 10.2. The van der Waals surface area contributed by atoms with Gasteiger partial charge in [-0.2, -0.15) is 0 Å². The number of nitrogens with zero attached hydrogens (tertiary/aromatic N) is 1. The molecule has 0 amide bonds. The normalized spacial score (nSPS) is 13.8. The minimum atomic E-state index is -0.365. The largest absolute Gasteiger partial charge is 0.297 e. The molecule has 0 aliphatic rings. The molecule has 0 aliphatic heterocycles. The molecule has 2 unspecified atom stereocenters. The minimum absolute atomic E-state index is 0.0136. The van der Waals surface area contributed by atoms with E-state index >= 15 is 0 Å². The third kappa shape index (κ3) is 3.30. The van der Waals surface area contributed by atoms with Gasteiger partial charge in [0.1, 0.15) is 0 Å². The van der Waals surface area contributed by atoms with Crippen LogP contribution in [0.25, 0.3) is 0 Å². The van der Waals surface area contributed by atoms with Crippen LogP contribution >= 0.6 is 0 Å². The van der Waals surface area contributed by atoms with Gasteiger partial charge in [0, 0.05) is 17.7 Å². The number of terminal acetylenes is 1. The molecule has 4 nitrogen and oxygen atoms in total. The highest BCUT2D eigenvalue weighted by Crippen LogP contribution is 2.23. The number of rotatable bonds is 4. The Labute approximate surface area is 101 Å². The van der Waals surface area contributed by atoms with Crippen molar-refractivity contribution >= 4 is 5.69 Å². The Balaban J connectivity index is 2.96. The van der Waals surface area contributed by atoms with E-state index in [1.54, 1.807) is 19.1 Å². The SMILES string of the molecule is C#CC(C)NC(C)c1ccc(C)c([N+](=O)[O-])c1. The van der Waals surface area contributed by atoms with Crippen LogP contribution in [0.5, 0.6) is 0 Å². The number of hydrogen-bond donors (Lipinski definition) is 1. The lowest BCUT2D eigenvalue weighted by Gasteiger charge is -2.16. The van der Waals surface area contributed by atoms with E-state index in [9.17, 15) is 10.1 Å². The third-order valence-corrected chi connectivity index (χ3v) is 2.68. The van der Waals surface area contributed by atoms with E-state index in [0.29, 0.717) is 5.56 Å². The van der Waals surface area contributed by atoms with Crippen molar-refractivity contribution in [1.82, 2.24) is 5.32 Å². The molecule has 0 aromatic heterocycles. The molecule has 0 radical (unpaired) electrons. The molecule has 0 spiro atoms. The van der Waals surface area contributed by atoms with Crippen LogP contribution < -0.4 is 5.32 Å². The molecule has 0 heterocycles. The van der Waals surface area contributed by atoms with Crippen molar-refractivity contribution < 1.29 is 4.92 Å². The number of benzene rings is 1. The number of nitro benzene ring substituents is 1. The maximum absolute atomic E-state index is 10.8. The van der Waals surface area contributed by atoms with Gasteiger partial charge in [0.2, 0.25) is 0 Å². The highest BCUT2D eigenvalue weighted by Gasteiger charge is 2.14. The second-order valence-corrected chi connectivity index (χ2v) is 4.08. The minimum Gasteiger partial charge on any atom is -0.297 e. The van der Waals surface area contributed by atoms with Crippen LogP contribution in [0, 0.1) is 29.4 Å². The summed E-state index contributed by atoms with van der Waals surface area (Å²) in [6.07, 6.45) is 5.28. The zero-order valence-corrected chi connectivity index (χ0v) is 10.2. The predicted molar refractivity (Wildman–Crippen MR) is 67.7 cm³/mol. The van der Waals surface area contributed by atoms with Gasteiger partial charge < -0.3 is 0 Å². The van der Waals surface area contributed by atoms with E-state index in [0.717, 1.165) is 5.56 Å². The first-order valence-electron chi connectivity index (χ1n) is 5.42. The summed E-state index contributed by atoms with van der Waals surface area (Å²) < 4.78 is 0. The molecule has 0 fully saturated rings. The molecular formula is C13H16N2O2. The van der Waals surface area contributed by atoms with Gasteiger partial charge in [-0.15, -0.1) is 6.42 Å². The lowest BCUT2D eigenvalue weighted by Crippen LogP contribution is -2.27. The smallest absolute Gasteiger partial charge is 0.272 e. The average molecular weight is 232 g/mol. The van der Waals surface area contributed by atoms with Crippen LogP contribution in [0.2, 0.25) is 0 Å². The summed E-state index contributed by atoms with van der Waals surface area (Å²) in [6.45, 7) is 5.53. The van der Waals surface area contributed by atoms with Crippen molar-refractivity contribution in [2.45, 2.75) is 32.9 Å². The Kier molecular flexibility index (Phi) is 4.24. The van der Waals surface area contributed by atoms with Crippen LogP contribution in [0.1, 0.15) is 31.0 Å². The third-order valence-electron chi connectivity index (χ3n) is 2.68. The zero-order chi connectivity index (χ0) is 13.0. The van der Waals surface area contributed by atoms with Gasteiger partial charge in [0.25, 0.3) is 5.69 Å². The summed E-state index contributed by atoms with van der Waals surface area (Å²) in [5, 5.41) is 14.0. The quantitative estimate of drug-likeness (QED) is 0.493. The van der Waals surface area contributed by atoms with Crippen LogP contribution in [-0.2, 0) is 0 Å². The standard InChI is InChI=1S/C13H16N2O2/c1-5-10(3)14-11(4)12-7-6-9(2)13(8-12)15(16)17/h1,6-8,10-11,14H,2-4H3. The predicted octanol–water partition coefficient (Wildman–Crippen LogP) is 2.58. The molecule has 90 valence electrons. The van der Waals surface area contributed by atoms with E-state index in [1.165, 1.54) is 0 Å². The fourth-order valence-electron chi connectivity index (χ4n) is 1.61. The molecule has 2 atom stereocenters. The summed E-state index contributed by atoms with van der Waals surface area (Å²) >= 11 is 0. The molecular weight excluding hydrogens is 216 g/mol. The maximum atomic E-state index is 10.8. The molecule has 0 aliphatic carbocycles. The van der Waals surface area contributed by atoms with Crippen LogP contribution in [0.4, 0.5) is 5.69 Å². The molecule has 17 heavy (non-hydrogen) atoms. The second kappa shape index (κ2) is 5.46. The Morgan fingerprint density at radius 3 is 2.65 bits per heavy atom. The topological polar surface area (TPSA) is 55.2 Å². The van der Waals surface area contributed by atoms with Gasteiger partial charge in [-0.05, 0) is 26.3 Å². The number of nitrogens with one attached hydrogen (secondary N) is 1. The summed E-state index contributed by atoms with van der Waals surface area (Å²) in [4.78, 5) is 10.5. The Morgan fingerprint density at radius 1 is 1.47 bits per heavy atom. The van der Waals surface area contributed by atoms with E-state index in [4.69, 9.17) is 6.42 Å². The average Bonchev–Trinajstić information content (AvgIpc) is 2.28. The Bertz CT molecular complexity index is 463. The van der Waals surface area contributed by atoms with Gasteiger partial charge in [-0.25, -0.2) is 0 Å². The molecule has 1 aromatic rings. The van der Waals surface area contributed by atoms with Crippen molar-refractivity contribution in [1.29, 1.82) is 0 Å². The highest BCUT2D eigenvalue weighted by molar-refractivity contribution is 5.43. The van der Waals surface area contributed by atoms with Crippen molar-refractivity contribution in [3.8, 4) is 12.3 Å². The van der Waals surface area contributed by atoms with Crippen LogP contribution in [0.15, 0.2) is 18.2 Å². The maximum Gasteiger partial charge on any atom is 0.272 e. The van der Waals surface area contributed by atoms with Gasteiger partial charge in [-0.1, -0.05) is 18.1 Å². The van der Waals surface area contributed by atoms with Gasteiger partial charge in [-0.3, -0.25) is 15.4 Å². The fraction of sp³-hybridized carbons (Fsp3) is 0.385. The van der Waals surface area contributed by atoms with E-state index < -0.39 is 0 Å². The molecule has 1 N–H and O–H groups in total. The molecule has 1 aromatic carbocycles. The first kappa shape index (κ1) is 13.2. The van der Waals surface area contributed by atoms with Gasteiger partial charge >= 0.3 is 0 Å². The summed E-state index contributed by atoms with van der Waals surface area (Å²) in [7, 11) is 0. The monoisotopic (exact) mass is 232 g/mol. The van der Waals surface area contributed by atoms with Crippen molar-refractivity contribution in [3.05, 3.63) is 39.4 Å². The first-order chi connectivity index (χ1) is 7.95. The number of nitro groups is 1. The summed E-state index contributed by atoms with van der Waals surface area (Å²) in [5.74, 6) is 2.57. The van der Waals surface area contributed by atoms with Crippen molar-refractivity contribution in [2.24, 2.45) is 0 Å². The van der Waals surface area contributed by atoms with E-state index in [1.807, 2.05) is 19.9 Å². The highest BCUT2D eigenvalue weighted by atomic mass is 16.6. The molecule has 0 bridgehead atoms.